The lowest BCUT2D eigenvalue weighted by molar-refractivity contribution is -0.121. The van der Waals surface area contributed by atoms with Gasteiger partial charge in [-0.15, -0.1) is 0 Å². The molecule has 0 saturated heterocycles. The second-order valence-electron chi connectivity index (χ2n) is 7.66. The first-order valence-electron chi connectivity index (χ1n) is 10.9. The largest absolute Gasteiger partial charge is 0.507 e. The number of hydrogen-bond donors (Lipinski definition) is 2. The quantitative estimate of drug-likeness (QED) is 0.259. The van der Waals surface area contributed by atoms with Gasteiger partial charge < -0.3 is 14.6 Å². The second-order valence-corrected chi connectivity index (χ2v) is 7.66. The molecular weight excluding hydrogens is 416 g/mol. The van der Waals surface area contributed by atoms with E-state index in [4.69, 9.17) is 0 Å². The summed E-state index contributed by atoms with van der Waals surface area (Å²) in [7, 11) is 0. The molecule has 0 spiro atoms. The molecule has 2 N–H and O–H groups in total. The highest BCUT2D eigenvalue weighted by molar-refractivity contribution is 5.95. The summed E-state index contributed by atoms with van der Waals surface area (Å²) in [5, 5.41) is 15.5. The number of carbonyl (C=O) groups is 1. The van der Waals surface area contributed by atoms with Gasteiger partial charge in [0.1, 0.15) is 12.3 Å². The van der Waals surface area contributed by atoms with E-state index in [0.29, 0.717) is 27.4 Å². The minimum atomic E-state index is -0.343. The van der Waals surface area contributed by atoms with Gasteiger partial charge >= 0.3 is 0 Å². The number of aromatic hydroxyl groups is 1. The van der Waals surface area contributed by atoms with Gasteiger partial charge in [0.15, 0.2) is 5.43 Å². The number of para-hydroxylation sites is 2. The number of nitrogens with zero attached hydrogens (tertiary/aromatic N) is 3. The van der Waals surface area contributed by atoms with Crippen molar-refractivity contribution in [2.45, 2.75) is 20.4 Å². The summed E-state index contributed by atoms with van der Waals surface area (Å²) in [5.41, 5.74) is 5.27. The van der Waals surface area contributed by atoms with E-state index in [-0.39, 0.29) is 23.6 Å². The minimum absolute atomic E-state index is 0.00841. The van der Waals surface area contributed by atoms with Crippen LogP contribution in [0, 0.1) is 0 Å². The van der Waals surface area contributed by atoms with E-state index in [0.717, 1.165) is 18.8 Å². The third kappa shape index (κ3) is 4.43. The van der Waals surface area contributed by atoms with Crippen molar-refractivity contribution in [2.24, 2.45) is 5.10 Å². The van der Waals surface area contributed by atoms with Crippen LogP contribution in [0.4, 0.5) is 5.69 Å². The highest BCUT2D eigenvalue weighted by atomic mass is 16.3. The predicted octanol–water partition coefficient (Wildman–Crippen LogP) is 3.86. The molecule has 0 radical (unpaired) electrons. The van der Waals surface area contributed by atoms with Crippen LogP contribution >= 0.6 is 0 Å². The summed E-state index contributed by atoms with van der Waals surface area (Å²) in [4.78, 5) is 27.6. The zero-order chi connectivity index (χ0) is 23.4. The second kappa shape index (κ2) is 9.56. The van der Waals surface area contributed by atoms with Gasteiger partial charge in [-0.3, -0.25) is 9.59 Å². The van der Waals surface area contributed by atoms with E-state index in [1.165, 1.54) is 6.21 Å². The third-order valence-corrected chi connectivity index (χ3v) is 5.72. The molecule has 0 unspecified atom stereocenters. The molecule has 1 heterocycles. The van der Waals surface area contributed by atoms with Gasteiger partial charge in [-0.25, -0.2) is 5.43 Å². The molecule has 7 heteroatoms. The van der Waals surface area contributed by atoms with Crippen LogP contribution in [0.3, 0.4) is 0 Å². The van der Waals surface area contributed by atoms with Gasteiger partial charge in [-0.2, -0.15) is 5.10 Å². The SMILES string of the molecule is CCN(CC)c1ccc(/C=N\NC(=O)Cn2c3ccccc3c(=O)c3ccccc32)c(O)c1. The van der Waals surface area contributed by atoms with Gasteiger partial charge in [0.25, 0.3) is 5.91 Å². The summed E-state index contributed by atoms with van der Waals surface area (Å²) >= 11 is 0. The van der Waals surface area contributed by atoms with E-state index in [1.807, 2.05) is 47.0 Å². The van der Waals surface area contributed by atoms with E-state index in [9.17, 15) is 14.7 Å². The Kier molecular flexibility index (Phi) is 6.40. The fourth-order valence-electron chi connectivity index (χ4n) is 4.03. The number of hydrazone groups is 1. The number of pyridine rings is 1. The summed E-state index contributed by atoms with van der Waals surface area (Å²) in [5.74, 6) is -0.251. The van der Waals surface area contributed by atoms with Crippen molar-refractivity contribution >= 4 is 39.6 Å². The number of aromatic nitrogens is 1. The highest BCUT2D eigenvalue weighted by Gasteiger charge is 2.12. The van der Waals surface area contributed by atoms with Crippen LogP contribution in [-0.4, -0.2) is 34.9 Å². The average molecular weight is 443 g/mol. The maximum Gasteiger partial charge on any atom is 0.260 e. The molecule has 0 saturated carbocycles. The number of phenols is 1. The van der Waals surface area contributed by atoms with Crippen molar-refractivity contribution in [1.29, 1.82) is 0 Å². The lowest BCUT2D eigenvalue weighted by atomic mass is 10.1. The number of hydrogen-bond acceptors (Lipinski definition) is 5. The maximum atomic E-state index is 12.8. The molecule has 3 aromatic carbocycles. The van der Waals surface area contributed by atoms with Gasteiger partial charge in [-0.1, -0.05) is 24.3 Å². The number of benzene rings is 3. The first-order valence-corrected chi connectivity index (χ1v) is 10.9. The Morgan fingerprint density at radius 3 is 2.18 bits per heavy atom. The molecule has 0 fully saturated rings. The fraction of sp³-hybridized carbons (Fsp3) is 0.192. The van der Waals surface area contributed by atoms with Crippen molar-refractivity contribution in [3.05, 3.63) is 82.5 Å². The predicted molar refractivity (Wildman–Crippen MR) is 133 cm³/mol. The third-order valence-electron chi connectivity index (χ3n) is 5.72. The topological polar surface area (TPSA) is 86.9 Å². The molecule has 0 aliphatic heterocycles. The van der Waals surface area contributed by atoms with E-state index < -0.39 is 0 Å². The summed E-state index contributed by atoms with van der Waals surface area (Å²) in [6, 6.07) is 19.9. The number of rotatable bonds is 7. The molecule has 4 aromatic rings. The van der Waals surface area contributed by atoms with Crippen LogP contribution in [-0.2, 0) is 11.3 Å². The van der Waals surface area contributed by atoms with Crippen molar-refractivity contribution in [3.8, 4) is 5.75 Å². The Morgan fingerprint density at radius 1 is 1.00 bits per heavy atom. The summed E-state index contributed by atoms with van der Waals surface area (Å²) in [6.45, 7) is 5.79. The Bertz CT molecular complexity index is 1340. The zero-order valence-electron chi connectivity index (χ0n) is 18.7. The molecule has 4 rings (SSSR count). The standard InChI is InChI=1S/C26H26N4O3/c1-3-29(4-2)19-14-13-18(24(31)15-19)16-27-28-25(32)17-30-22-11-7-5-9-20(22)26(33)21-10-6-8-12-23(21)30/h5-16,31H,3-4,17H2,1-2H3,(H,28,32)/b27-16-. The zero-order valence-corrected chi connectivity index (χ0v) is 18.7. The van der Waals surface area contributed by atoms with Crippen LogP contribution in [0.1, 0.15) is 19.4 Å². The fourth-order valence-corrected chi connectivity index (χ4v) is 4.03. The Hall–Kier alpha value is -4.13. The normalized spacial score (nSPS) is 11.3. The smallest absolute Gasteiger partial charge is 0.260 e. The first kappa shape index (κ1) is 22.1. The molecule has 0 atom stereocenters. The molecule has 0 aliphatic carbocycles. The maximum absolute atomic E-state index is 12.8. The molecule has 7 nitrogen and oxygen atoms in total. The molecule has 0 bridgehead atoms. The van der Waals surface area contributed by atoms with Gasteiger partial charge in [0, 0.05) is 41.2 Å². The number of anilines is 1. The summed E-state index contributed by atoms with van der Waals surface area (Å²) < 4.78 is 1.81. The first-order chi connectivity index (χ1) is 16.0. The Balaban J connectivity index is 1.56. The van der Waals surface area contributed by atoms with Crippen LogP contribution in [0.2, 0.25) is 0 Å². The summed E-state index contributed by atoms with van der Waals surface area (Å²) in [6.07, 6.45) is 1.42. The highest BCUT2D eigenvalue weighted by Crippen LogP contribution is 2.23. The van der Waals surface area contributed by atoms with Crippen molar-refractivity contribution in [2.75, 3.05) is 18.0 Å². The van der Waals surface area contributed by atoms with Crippen molar-refractivity contribution in [1.82, 2.24) is 9.99 Å². The van der Waals surface area contributed by atoms with E-state index in [1.54, 1.807) is 24.3 Å². The molecule has 1 aromatic heterocycles. The number of amides is 1. The molecule has 0 aliphatic rings. The van der Waals surface area contributed by atoms with E-state index in [2.05, 4.69) is 29.3 Å². The number of nitrogens with one attached hydrogen (secondary N) is 1. The van der Waals surface area contributed by atoms with E-state index >= 15 is 0 Å². The Morgan fingerprint density at radius 2 is 1.61 bits per heavy atom. The van der Waals surface area contributed by atoms with Gasteiger partial charge in [-0.05, 0) is 50.2 Å². The molecule has 33 heavy (non-hydrogen) atoms. The van der Waals surface area contributed by atoms with Crippen molar-refractivity contribution < 1.29 is 9.90 Å². The molecule has 168 valence electrons. The van der Waals surface area contributed by atoms with Gasteiger partial charge in [0.2, 0.25) is 0 Å². The number of carbonyl (C=O) groups excluding carboxylic acids is 1. The lowest BCUT2D eigenvalue weighted by Gasteiger charge is -2.21. The number of fused-ring (bicyclic) bond motifs is 2. The van der Waals surface area contributed by atoms with Crippen LogP contribution in [0.15, 0.2) is 76.6 Å². The lowest BCUT2D eigenvalue weighted by Crippen LogP contribution is -2.25. The Labute approximate surface area is 191 Å². The molecule has 1 amide bonds. The van der Waals surface area contributed by atoms with Gasteiger partial charge in [0.05, 0.1) is 17.2 Å². The monoisotopic (exact) mass is 442 g/mol. The van der Waals surface area contributed by atoms with Crippen LogP contribution in [0.5, 0.6) is 5.75 Å². The van der Waals surface area contributed by atoms with Crippen molar-refractivity contribution in [3.63, 3.8) is 0 Å². The van der Waals surface area contributed by atoms with Crippen LogP contribution < -0.4 is 15.8 Å². The average Bonchev–Trinajstić information content (AvgIpc) is 2.84. The minimum Gasteiger partial charge on any atom is -0.507 e. The van der Waals surface area contributed by atoms with Crippen LogP contribution in [0.25, 0.3) is 21.8 Å². The molecular formula is C26H26N4O3. The number of phenolic OH excluding ortho intramolecular Hbond substituents is 1.